The van der Waals surface area contributed by atoms with E-state index in [2.05, 4.69) is 13.8 Å². The maximum absolute atomic E-state index is 14.9. The molecule has 4 aromatic rings. The predicted octanol–water partition coefficient (Wildman–Crippen LogP) is 7.21. The lowest BCUT2D eigenvalue weighted by Crippen LogP contribution is -2.48. The molecular weight excluding hydrogens is 534 g/mol. The van der Waals surface area contributed by atoms with E-state index in [0.717, 1.165) is 23.2 Å². The molecule has 0 amide bonds. The molecule has 4 aromatic carbocycles. The fourth-order valence-electron chi connectivity index (χ4n) is 7.57. The van der Waals surface area contributed by atoms with Crippen LogP contribution in [0.15, 0.2) is 103 Å². The van der Waals surface area contributed by atoms with Gasteiger partial charge in [-0.15, -0.1) is 0 Å². The van der Waals surface area contributed by atoms with Crippen LogP contribution in [0, 0.1) is 11.3 Å². The van der Waals surface area contributed by atoms with Gasteiger partial charge in [-0.3, -0.25) is 14.4 Å². The van der Waals surface area contributed by atoms with Crippen molar-refractivity contribution >= 4 is 29.1 Å². The average Bonchev–Trinajstić information content (AvgIpc) is 3.47. The molecule has 1 aliphatic carbocycles. The molecule has 5 heteroatoms. The van der Waals surface area contributed by atoms with Crippen molar-refractivity contribution < 1.29 is 19.1 Å². The lowest BCUT2D eigenvalue weighted by atomic mass is 9.64. The smallest absolute Gasteiger partial charge is 0.185 e. The molecule has 1 saturated heterocycles. The van der Waals surface area contributed by atoms with Gasteiger partial charge in [-0.1, -0.05) is 105 Å². The SMILES string of the molecule is COc1cccc([C@H]2[C@H](C(=O)c3ccc(CC(C)C)cc3)N3c4ccccc4C=CC3C23C(=O)c2ccccc2C3=O)c1. The van der Waals surface area contributed by atoms with Crippen LogP contribution in [-0.2, 0) is 6.42 Å². The fraction of sp³-hybridized carbons (Fsp3) is 0.237. The quantitative estimate of drug-likeness (QED) is 0.182. The number of methoxy groups -OCH3 is 1. The highest BCUT2D eigenvalue weighted by molar-refractivity contribution is 6.32. The van der Waals surface area contributed by atoms with Crippen molar-refractivity contribution in [2.45, 2.75) is 38.3 Å². The minimum absolute atomic E-state index is 0.118. The number of anilines is 1. The molecule has 1 fully saturated rings. The van der Waals surface area contributed by atoms with Crippen LogP contribution in [0.25, 0.3) is 6.08 Å². The van der Waals surface area contributed by atoms with E-state index < -0.39 is 23.4 Å². The number of para-hydroxylation sites is 1. The number of hydrogen-bond acceptors (Lipinski definition) is 5. The van der Waals surface area contributed by atoms with Gasteiger partial charge in [-0.25, -0.2) is 0 Å². The van der Waals surface area contributed by atoms with Gasteiger partial charge in [0.2, 0.25) is 0 Å². The van der Waals surface area contributed by atoms with Gasteiger partial charge in [0.25, 0.3) is 0 Å². The van der Waals surface area contributed by atoms with Crippen molar-refractivity contribution in [2.24, 2.45) is 11.3 Å². The lowest BCUT2D eigenvalue weighted by Gasteiger charge is -2.37. The summed E-state index contributed by atoms with van der Waals surface area (Å²) in [5.74, 6) is -0.253. The van der Waals surface area contributed by atoms with Gasteiger partial charge in [0, 0.05) is 28.3 Å². The van der Waals surface area contributed by atoms with Crippen LogP contribution in [0.1, 0.15) is 67.5 Å². The molecule has 2 aliphatic heterocycles. The molecule has 5 nitrogen and oxygen atoms in total. The van der Waals surface area contributed by atoms with Gasteiger partial charge in [0.05, 0.1) is 13.2 Å². The normalized spacial score (nSPS) is 21.2. The Balaban J connectivity index is 1.49. The van der Waals surface area contributed by atoms with E-state index >= 15 is 0 Å². The van der Waals surface area contributed by atoms with Crippen LogP contribution in [0.4, 0.5) is 5.69 Å². The molecular formula is C38H33NO4. The zero-order chi connectivity index (χ0) is 29.9. The molecule has 0 bridgehead atoms. The highest BCUT2D eigenvalue weighted by atomic mass is 16.5. The number of ether oxygens (including phenoxy) is 1. The average molecular weight is 568 g/mol. The summed E-state index contributed by atoms with van der Waals surface area (Å²) in [7, 11) is 1.59. The summed E-state index contributed by atoms with van der Waals surface area (Å²) in [6, 6.07) is 28.8. The van der Waals surface area contributed by atoms with E-state index in [0.29, 0.717) is 28.4 Å². The Hall–Kier alpha value is -4.77. The maximum Gasteiger partial charge on any atom is 0.185 e. The molecule has 0 saturated carbocycles. The van der Waals surface area contributed by atoms with E-state index in [9.17, 15) is 14.4 Å². The zero-order valence-electron chi connectivity index (χ0n) is 24.5. The zero-order valence-corrected chi connectivity index (χ0v) is 24.5. The second kappa shape index (κ2) is 10.2. The van der Waals surface area contributed by atoms with E-state index in [1.165, 1.54) is 5.56 Å². The minimum atomic E-state index is -1.53. The Morgan fingerprint density at radius 1 is 0.860 bits per heavy atom. The number of benzene rings is 4. The van der Waals surface area contributed by atoms with Crippen LogP contribution in [0.5, 0.6) is 5.75 Å². The standard InChI is InChI=1S/C38H33NO4/c1-23(2)21-24-15-17-26(18-16-24)35(40)34-33(27-10-8-11-28(22-27)43-3)38(36(41)29-12-5-6-13-30(29)37(38)42)32-20-19-25-9-4-7-14-31(25)39(32)34/h4-20,22-23,32-34H,21H2,1-3H3/t32?,33-,34+/m0/s1. The number of carbonyl (C=O) groups excluding carboxylic acids is 3. The van der Waals surface area contributed by atoms with Gasteiger partial charge in [0.1, 0.15) is 17.2 Å². The Morgan fingerprint density at radius 2 is 1.53 bits per heavy atom. The van der Waals surface area contributed by atoms with E-state index in [1.54, 1.807) is 31.4 Å². The molecule has 0 aromatic heterocycles. The van der Waals surface area contributed by atoms with Gasteiger partial charge < -0.3 is 9.64 Å². The fourth-order valence-corrected chi connectivity index (χ4v) is 7.57. The van der Waals surface area contributed by atoms with Crippen molar-refractivity contribution in [3.63, 3.8) is 0 Å². The van der Waals surface area contributed by atoms with Crippen LogP contribution in [0.2, 0.25) is 0 Å². The van der Waals surface area contributed by atoms with Gasteiger partial charge >= 0.3 is 0 Å². The third kappa shape index (κ3) is 3.94. The Kier molecular flexibility index (Phi) is 6.42. The molecule has 7 rings (SSSR count). The molecule has 0 radical (unpaired) electrons. The second-order valence-electron chi connectivity index (χ2n) is 12.2. The molecule has 3 atom stereocenters. The highest BCUT2D eigenvalue weighted by Gasteiger charge is 2.71. The number of fused-ring (bicyclic) bond motifs is 5. The summed E-state index contributed by atoms with van der Waals surface area (Å²) in [6.45, 7) is 4.34. The predicted molar refractivity (Wildman–Crippen MR) is 168 cm³/mol. The second-order valence-corrected chi connectivity index (χ2v) is 12.2. The van der Waals surface area contributed by atoms with Gasteiger partial charge in [-0.2, -0.15) is 0 Å². The molecule has 1 spiro atoms. The molecule has 43 heavy (non-hydrogen) atoms. The topological polar surface area (TPSA) is 63.7 Å². The number of Topliss-reactive ketones (excluding diaryl/α,β-unsaturated/α-hetero) is 3. The summed E-state index contributed by atoms with van der Waals surface area (Å²) in [5.41, 5.74) is 3.54. The first-order chi connectivity index (χ1) is 20.9. The van der Waals surface area contributed by atoms with Crippen LogP contribution in [0.3, 0.4) is 0 Å². The van der Waals surface area contributed by atoms with Crippen LogP contribution in [-0.4, -0.2) is 36.5 Å². The largest absolute Gasteiger partial charge is 0.497 e. The highest BCUT2D eigenvalue weighted by Crippen LogP contribution is 2.61. The lowest BCUT2D eigenvalue weighted by molar-refractivity contribution is 0.0665. The summed E-state index contributed by atoms with van der Waals surface area (Å²) < 4.78 is 5.60. The van der Waals surface area contributed by atoms with E-state index in [-0.39, 0.29) is 17.3 Å². The molecule has 3 aliphatic rings. The minimum Gasteiger partial charge on any atom is -0.497 e. The van der Waals surface area contributed by atoms with Crippen LogP contribution < -0.4 is 9.64 Å². The third-order valence-electron chi connectivity index (χ3n) is 9.32. The van der Waals surface area contributed by atoms with Crippen molar-refractivity contribution in [2.75, 3.05) is 12.0 Å². The molecule has 1 unspecified atom stereocenters. The summed E-state index contributed by atoms with van der Waals surface area (Å²) >= 11 is 0. The van der Waals surface area contributed by atoms with Gasteiger partial charge in [0.15, 0.2) is 17.3 Å². The van der Waals surface area contributed by atoms with Crippen molar-refractivity contribution in [3.8, 4) is 5.75 Å². The Morgan fingerprint density at radius 3 is 2.21 bits per heavy atom. The Labute approximate surface area is 251 Å². The number of ketones is 3. The van der Waals surface area contributed by atoms with Crippen molar-refractivity contribution in [1.82, 2.24) is 0 Å². The first kappa shape index (κ1) is 27.1. The number of hydrogen-bond donors (Lipinski definition) is 0. The third-order valence-corrected chi connectivity index (χ3v) is 9.32. The maximum atomic E-state index is 14.9. The van der Waals surface area contributed by atoms with Crippen LogP contribution >= 0.6 is 0 Å². The van der Waals surface area contributed by atoms with Gasteiger partial charge in [-0.05, 0) is 47.2 Å². The van der Waals surface area contributed by atoms with E-state index in [1.807, 2.05) is 89.8 Å². The summed E-state index contributed by atoms with van der Waals surface area (Å²) in [5, 5.41) is 0. The first-order valence-electron chi connectivity index (χ1n) is 14.9. The number of nitrogens with zero attached hydrogens (tertiary/aromatic N) is 1. The summed E-state index contributed by atoms with van der Waals surface area (Å²) in [6.07, 6.45) is 4.86. The Bertz CT molecular complexity index is 1770. The van der Waals surface area contributed by atoms with Crippen molar-refractivity contribution in [3.05, 3.63) is 137 Å². The molecule has 214 valence electrons. The molecule has 2 heterocycles. The molecule has 0 N–H and O–H groups in total. The first-order valence-corrected chi connectivity index (χ1v) is 14.9. The van der Waals surface area contributed by atoms with E-state index in [4.69, 9.17) is 4.74 Å². The number of rotatable bonds is 6. The monoisotopic (exact) mass is 567 g/mol. The van der Waals surface area contributed by atoms with Crippen molar-refractivity contribution in [1.29, 1.82) is 0 Å². The number of carbonyl (C=O) groups is 3. The summed E-state index contributed by atoms with van der Waals surface area (Å²) in [4.78, 5) is 46.5.